The van der Waals surface area contributed by atoms with Crippen LogP contribution in [0.1, 0.15) is 0 Å². The summed E-state index contributed by atoms with van der Waals surface area (Å²) in [6, 6.07) is 0. The number of rotatable bonds is 11. The molecule has 0 aliphatic heterocycles. The fourth-order valence-electron chi connectivity index (χ4n) is 1.93. The van der Waals surface area contributed by atoms with E-state index in [4.69, 9.17) is 0 Å². The van der Waals surface area contributed by atoms with Crippen LogP contribution in [-0.2, 0) is 0 Å². The van der Waals surface area contributed by atoms with Gasteiger partial charge in [-0.05, 0) is 0 Å². The van der Waals surface area contributed by atoms with Gasteiger partial charge in [0.25, 0.3) is 0 Å². The van der Waals surface area contributed by atoms with E-state index in [1.165, 1.54) is 0 Å². The minimum atomic E-state index is -9.44. The van der Waals surface area contributed by atoms with Gasteiger partial charge in [-0.15, -0.1) is 0 Å². The first-order valence-corrected chi connectivity index (χ1v) is 9.82. The zero-order chi connectivity index (χ0) is 32.0. The van der Waals surface area contributed by atoms with Crippen molar-refractivity contribution in [1.82, 2.24) is 0 Å². The molecule has 0 aromatic rings. The summed E-state index contributed by atoms with van der Waals surface area (Å²) in [5.74, 6) is -89.1. The Morgan fingerprint density at radius 3 is 0.342 bits per heavy atom. The molecule has 0 amide bonds. The highest BCUT2D eigenvalue weighted by Crippen LogP contribution is 2.68. The molecule has 0 spiro atoms. The minimum absolute atomic E-state index is 1.22. The highest BCUT2D eigenvalue weighted by molar-refractivity contribution is 14.1. The van der Waals surface area contributed by atoms with Crippen LogP contribution < -0.4 is 0 Å². The lowest BCUT2D eigenvalue weighted by Gasteiger charge is -2.45. The Balaban J connectivity index is 7.29. The minimum Gasteiger partial charge on any atom is -0.192 e. The Morgan fingerprint density at radius 1 is 0.184 bits per heavy atom. The van der Waals surface area contributed by atoms with Crippen LogP contribution in [0.3, 0.4) is 0 Å². The van der Waals surface area contributed by atoms with E-state index in [2.05, 4.69) is 0 Å². The predicted molar refractivity (Wildman–Crippen MR) is 87.4 cm³/mol. The van der Waals surface area contributed by atoms with E-state index < -0.39 is 112 Å². The van der Waals surface area contributed by atoms with Crippen molar-refractivity contribution >= 4 is 45.2 Å². The van der Waals surface area contributed by atoms with Gasteiger partial charge in [0.2, 0.25) is 0 Å². The van der Waals surface area contributed by atoms with Gasteiger partial charge >= 0.3 is 67.1 Å². The van der Waals surface area contributed by atoms with E-state index in [0.717, 1.165) is 0 Å². The molecule has 38 heavy (non-hydrogen) atoms. The summed E-state index contributed by atoms with van der Waals surface area (Å²) in [5.41, 5.74) is 0. The lowest BCUT2D eigenvalue weighted by molar-refractivity contribution is -0.474. The molecule has 0 aliphatic carbocycles. The Hall–Kier alpha value is -0.220. The standard InChI is InChI=1S/C12F24I2/c13-1(14,3(17,18)5(21,22)7(25,26)9(29,30)11(33,34)37)2(15,16)4(19,20)6(23,24)8(27,28)10(31,32)12(35,36)38. The molecule has 0 aromatic heterocycles. The molecule has 0 unspecified atom stereocenters. The molecule has 0 heterocycles. The van der Waals surface area contributed by atoms with E-state index in [9.17, 15) is 105 Å². The van der Waals surface area contributed by atoms with Gasteiger partial charge in [-0.1, -0.05) is 0 Å². The van der Waals surface area contributed by atoms with Crippen LogP contribution in [0.15, 0.2) is 0 Å². The van der Waals surface area contributed by atoms with Gasteiger partial charge in [-0.2, -0.15) is 105 Å². The van der Waals surface area contributed by atoms with Crippen LogP contribution in [0.2, 0.25) is 0 Å². The van der Waals surface area contributed by atoms with Gasteiger partial charge in [-0.25, -0.2) is 0 Å². The molecule has 0 N–H and O–H groups in total. The molecule has 0 aromatic carbocycles. The lowest BCUT2D eigenvalue weighted by atomic mass is 9.85. The summed E-state index contributed by atoms with van der Waals surface area (Å²) in [5, 5.41) is 0. The van der Waals surface area contributed by atoms with Gasteiger partial charge in [0.05, 0.1) is 0 Å². The monoisotopic (exact) mass is 854 g/mol. The topological polar surface area (TPSA) is 0 Å². The highest BCUT2D eigenvalue weighted by atomic mass is 127. The predicted octanol–water partition coefficient (Wildman–Crippen LogP) is 9.40. The average molecular weight is 854 g/mol. The molecule has 0 saturated heterocycles. The first-order chi connectivity index (χ1) is 15.8. The van der Waals surface area contributed by atoms with Crippen molar-refractivity contribution in [3.05, 3.63) is 0 Å². The number of halogens is 26. The normalized spacial score (nSPS) is 17.2. The van der Waals surface area contributed by atoms with Gasteiger partial charge in [-0.3, -0.25) is 0 Å². The third-order valence-electron chi connectivity index (χ3n) is 4.26. The smallest absolute Gasteiger partial charge is 0.192 e. The molecule has 0 saturated carbocycles. The largest absolute Gasteiger partial charge is 0.387 e. The first-order valence-electron chi connectivity index (χ1n) is 7.66. The van der Waals surface area contributed by atoms with E-state index in [-0.39, 0.29) is 0 Å². The fraction of sp³-hybridized carbons (Fsp3) is 1.00. The zero-order valence-electron chi connectivity index (χ0n) is 15.8. The summed E-state index contributed by atoms with van der Waals surface area (Å²) in [7, 11) is 0. The van der Waals surface area contributed by atoms with Crippen molar-refractivity contribution in [2.45, 2.75) is 67.1 Å². The maximum Gasteiger partial charge on any atom is 0.387 e. The fourth-order valence-corrected chi connectivity index (χ4v) is 2.61. The lowest BCUT2D eigenvalue weighted by Crippen LogP contribution is -2.78. The first kappa shape index (κ1) is 37.8. The molecule has 0 fully saturated rings. The second kappa shape index (κ2) is 9.14. The van der Waals surface area contributed by atoms with Crippen LogP contribution in [0, 0.1) is 0 Å². The Labute approximate surface area is 217 Å². The van der Waals surface area contributed by atoms with Crippen molar-refractivity contribution in [2.24, 2.45) is 0 Å². The van der Waals surface area contributed by atoms with Gasteiger partial charge in [0, 0.05) is 45.2 Å². The van der Waals surface area contributed by atoms with Crippen molar-refractivity contribution in [3.63, 3.8) is 0 Å². The third-order valence-corrected chi connectivity index (χ3v) is 5.62. The van der Waals surface area contributed by atoms with Crippen LogP contribution >= 0.6 is 45.2 Å². The Morgan fingerprint density at radius 2 is 0.263 bits per heavy atom. The van der Waals surface area contributed by atoms with Crippen molar-refractivity contribution in [1.29, 1.82) is 0 Å². The van der Waals surface area contributed by atoms with Crippen molar-refractivity contribution < 1.29 is 105 Å². The molecule has 26 heteroatoms. The maximum atomic E-state index is 13.5. The van der Waals surface area contributed by atoms with Crippen LogP contribution in [0.25, 0.3) is 0 Å². The molecule has 0 atom stereocenters. The Kier molecular flexibility index (Phi) is 9.09. The van der Waals surface area contributed by atoms with Gasteiger partial charge in [0.1, 0.15) is 0 Å². The van der Waals surface area contributed by atoms with Crippen LogP contribution in [0.4, 0.5) is 105 Å². The number of hydrogen-bond acceptors (Lipinski definition) is 0. The van der Waals surface area contributed by atoms with E-state index in [0.29, 0.717) is 0 Å². The zero-order valence-corrected chi connectivity index (χ0v) is 20.1. The second-order valence-electron chi connectivity index (χ2n) is 6.74. The van der Waals surface area contributed by atoms with E-state index in [1.807, 2.05) is 0 Å². The van der Waals surface area contributed by atoms with Crippen LogP contribution in [0.5, 0.6) is 0 Å². The SMILES string of the molecule is FC(F)(I)C(F)(F)C(F)(F)C(F)(F)C(F)(F)C(F)(F)C(F)(F)C(F)(F)C(F)(F)C(F)(F)C(F)(F)C(F)(F)I. The summed E-state index contributed by atoms with van der Waals surface area (Å²) >= 11 is -2.43. The molecule has 0 aliphatic rings. The molecule has 0 rings (SSSR count). The Bertz CT molecular complexity index is 802. The van der Waals surface area contributed by atoms with Crippen LogP contribution in [-0.4, -0.2) is 67.1 Å². The molecule has 0 bridgehead atoms. The summed E-state index contributed by atoms with van der Waals surface area (Å²) in [6.07, 6.45) is 0. The molecule has 0 radical (unpaired) electrons. The van der Waals surface area contributed by atoms with Crippen molar-refractivity contribution in [2.75, 3.05) is 0 Å². The average Bonchev–Trinajstić information content (AvgIpc) is 2.64. The second-order valence-corrected chi connectivity index (χ2v) is 9.45. The molecular formula is C12F24I2. The van der Waals surface area contributed by atoms with E-state index >= 15 is 0 Å². The summed E-state index contributed by atoms with van der Waals surface area (Å²) < 4.78 is 303. The molecular weight excluding hydrogens is 854 g/mol. The number of hydrogen-bond donors (Lipinski definition) is 0. The summed E-state index contributed by atoms with van der Waals surface area (Å²) in [4.78, 5) is 0. The summed E-state index contributed by atoms with van der Waals surface area (Å²) in [6.45, 7) is 0. The third kappa shape index (κ3) is 4.44. The highest BCUT2D eigenvalue weighted by Gasteiger charge is 2.99. The van der Waals surface area contributed by atoms with E-state index in [1.54, 1.807) is 0 Å². The molecule has 230 valence electrons. The quantitative estimate of drug-likeness (QED) is 0.111. The maximum absolute atomic E-state index is 13.5. The number of alkyl halides is 26. The van der Waals surface area contributed by atoms with Gasteiger partial charge < -0.3 is 0 Å². The molecule has 0 nitrogen and oxygen atoms in total. The van der Waals surface area contributed by atoms with Crippen molar-refractivity contribution in [3.8, 4) is 0 Å². The van der Waals surface area contributed by atoms with Gasteiger partial charge in [0.15, 0.2) is 0 Å².